The molecule has 1 aliphatic rings. The van der Waals surface area contributed by atoms with Gasteiger partial charge in [0.2, 0.25) is 0 Å². The van der Waals surface area contributed by atoms with Crippen molar-refractivity contribution in [1.82, 2.24) is 0 Å². The van der Waals surface area contributed by atoms with E-state index < -0.39 is 6.67 Å². The number of benzene rings is 1. The molecule has 1 unspecified atom stereocenters. The average molecular weight is 342 g/mol. The molecule has 1 aliphatic heterocycles. The average Bonchev–Trinajstić information content (AvgIpc) is 3.02. The third kappa shape index (κ3) is 4.17. The highest BCUT2D eigenvalue weighted by atomic mass is 19.1. The van der Waals surface area contributed by atoms with Gasteiger partial charge < -0.3 is 16.5 Å². The summed E-state index contributed by atoms with van der Waals surface area (Å²) in [4.78, 5) is 2.22. The maximum Gasteiger partial charge on any atom is 0.115 e. The number of allylic oxidation sites excluding steroid dienone is 4. The van der Waals surface area contributed by atoms with E-state index in [0.717, 1.165) is 47.5 Å². The minimum absolute atomic E-state index is 0.147. The monoisotopic (exact) mass is 342 g/mol. The van der Waals surface area contributed by atoms with Crippen LogP contribution in [0.5, 0.6) is 0 Å². The summed E-state index contributed by atoms with van der Waals surface area (Å²) in [6, 6.07) is 4.08. The van der Waals surface area contributed by atoms with Crippen LogP contribution in [0.2, 0.25) is 0 Å². The number of rotatable bonds is 6. The second-order valence-electron chi connectivity index (χ2n) is 6.27. The molecule has 0 aromatic heterocycles. The Kier molecular flexibility index (Phi) is 6.53. The van der Waals surface area contributed by atoms with Crippen molar-refractivity contribution in [2.75, 3.05) is 24.7 Å². The van der Waals surface area contributed by atoms with E-state index in [1.165, 1.54) is 0 Å². The first-order chi connectivity index (χ1) is 12.0. The van der Waals surface area contributed by atoms with Gasteiger partial charge in [-0.1, -0.05) is 24.8 Å². The van der Waals surface area contributed by atoms with E-state index in [-0.39, 0.29) is 6.04 Å². The lowest BCUT2D eigenvalue weighted by molar-refractivity contribution is 0.570. The van der Waals surface area contributed by atoms with Crippen LogP contribution in [-0.2, 0) is 0 Å². The molecule has 4 N–H and O–H groups in total. The van der Waals surface area contributed by atoms with Crippen LogP contribution in [0.25, 0.3) is 11.6 Å². The van der Waals surface area contributed by atoms with E-state index in [1.807, 2.05) is 38.1 Å². The van der Waals surface area contributed by atoms with Gasteiger partial charge in [-0.3, -0.25) is 0 Å². The Morgan fingerprint density at radius 3 is 2.76 bits per heavy atom. The molecule has 1 atom stereocenters. The molecule has 0 aliphatic carbocycles. The van der Waals surface area contributed by atoms with Crippen molar-refractivity contribution in [1.29, 1.82) is 0 Å². The van der Waals surface area contributed by atoms with Crippen molar-refractivity contribution in [3.8, 4) is 0 Å². The Labute approximate surface area is 149 Å². The van der Waals surface area contributed by atoms with Crippen LogP contribution < -0.4 is 16.5 Å². The lowest BCUT2D eigenvalue weighted by atomic mass is 9.94. The van der Waals surface area contributed by atoms with Crippen molar-refractivity contribution in [3.05, 3.63) is 53.1 Å². The minimum atomic E-state index is -0.540. The molecule has 0 bridgehead atoms. The smallest absolute Gasteiger partial charge is 0.115 e. The first-order valence-electron chi connectivity index (χ1n) is 8.48. The van der Waals surface area contributed by atoms with E-state index in [1.54, 1.807) is 12.3 Å². The van der Waals surface area contributed by atoms with Crippen molar-refractivity contribution >= 4 is 23.6 Å². The molecule has 0 spiro atoms. The fraction of sp³-hybridized carbons (Fsp3) is 0.350. The molecule has 0 radical (unpaired) electrons. The predicted octanol–water partition coefficient (Wildman–Crippen LogP) is 3.48. The number of halogens is 1. The fourth-order valence-electron chi connectivity index (χ4n) is 3.27. The highest BCUT2D eigenvalue weighted by molar-refractivity contribution is 5.92. The standard InChI is InChI=1S/C20H27FN4/c1-4-6-14(3)19(11-21)15-9-16(12-24-23)18(5-2)20(10-15)25-8-7-17(22)13-25/h4-6,9-10,12,17H,2,7-8,11,13,22-23H2,1,3H3/b6-4-,19-14+,24-12-. The van der Waals surface area contributed by atoms with Gasteiger partial charge in [-0.15, -0.1) is 0 Å². The summed E-state index contributed by atoms with van der Waals surface area (Å²) in [5, 5.41) is 3.66. The Morgan fingerprint density at radius 2 is 2.24 bits per heavy atom. The van der Waals surface area contributed by atoms with Gasteiger partial charge in [0.15, 0.2) is 0 Å². The molecule has 1 aromatic carbocycles. The third-order valence-corrected chi connectivity index (χ3v) is 4.55. The first-order valence-corrected chi connectivity index (χ1v) is 8.48. The second kappa shape index (κ2) is 8.62. The quantitative estimate of drug-likeness (QED) is 0.360. The van der Waals surface area contributed by atoms with Crippen LogP contribution in [0.3, 0.4) is 0 Å². The van der Waals surface area contributed by atoms with Gasteiger partial charge in [0.05, 0.1) is 6.21 Å². The van der Waals surface area contributed by atoms with Crippen LogP contribution in [0, 0.1) is 0 Å². The summed E-state index contributed by atoms with van der Waals surface area (Å²) in [6.07, 6.45) is 8.13. The number of hydrogen-bond donors (Lipinski definition) is 2. The zero-order chi connectivity index (χ0) is 18.4. The SMILES string of the molecule is C=Cc1c(/C=N\N)cc(/C(CF)=C(C)/C=C\C)cc1N1CCC(N)C1. The van der Waals surface area contributed by atoms with Crippen molar-refractivity contribution in [2.45, 2.75) is 26.3 Å². The minimum Gasteiger partial charge on any atom is -0.369 e. The normalized spacial score (nSPS) is 19.0. The van der Waals surface area contributed by atoms with Gasteiger partial charge in [0.25, 0.3) is 0 Å². The maximum atomic E-state index is 13.8. The van der Waals surface area contributed by atoms with E-state index >= 15 is 0 Å². The topological polar surface area (TPSA) is 67.6 Å². The molecular weight excluding hydrogens is 315 g/mol. The number of hydrogen-bond acceptors (Lipinski definition) is 4. The third-order valence-electron chi connectivity index (χ3n) is 4.55. The van der Waals surface area contributed by atoms with Crippen LogP contribution >= 0.6 is 0 Å². The van der Waals surface area contributed by atoms with Gasteiger partial charge >= 0.3 is 0 Å². The van der Waals surface area contributed by atoms with Crippen LogP contribution in [0.1, 0.15) is 37.0 Å². The Morgan fingerprint density at radius 1 is 1.48 bits per heavy atom. The lowest BCUT2D eigenvalue weighted by Crippen LogP contribution is -2.27. The molecule has 134 valence electrons. The number of nitrogens with zero attached hydrogens (tertiary/aromatic N) is 2. The summed E-state index contributed by atoms with van der Waals surface area (Å²) in [5.74, 6) is 5.38. The highest BCUT2D eigenvalue weighted by Gasteiger charge is 2.23. The molecule has 5 heteroatoms. The summed E-state index contributed by atoms with van der Waals surface area (Å²) in [7, 11) is 0. The fourth-order valence-corrected chi connectivity index (χ4v) is 3.27. The molecule has 0 amide bonds. The van der Waals surface area contributed by atoms with Crippen LogP contribution in [0.4, 0.5) is 10.1 Å². The molecule has 25 heavy (non-hydrogen) atoms. The molecule has 4 nitrogen and oxygen atoms in total. The van der Waals surface area contributed by atoms with Gasteiger partial charge in [0, 0.05) is 35.9 Å². The van der Waals surface area contributed by atoms with Crippen LogP contribution in [-0.4, -0.2) is 32.0 Å². The lowest BCUT2D eigenvalue weighted by Gasteiger charge is -2.23. The number of hydrazone groups is 1. The van der Waals surface area contributed by atoms with Gasteiger partial charge in [-0.05, 0) is 49.1 Å². The Hall–Kier alpha value is -2.40. The summed E-state index contributed by atoms with van der Waals surface area (Å²) < 4.78 is 13.8. The van der Waals surface area contributed by atoms with Crippen LogP contribution in [0.15, 0.2) is 41.5 Å². The summed E-state index contributed by atoms with van der Waals surface area (Å²) in [6.45, 7) is 8.86. The molecule has 2 rings (SSSR count). The van der Waals surface area contributed by atoms with Crippen molar-refractivity contribution in [2.24, 2.45) is 16.7 Å². The Balaban J connectivity index is 2.67. The van der Waals surface area contributed by atoms with Gasteiger partial charge in [-0.25, -0.2) is 4.39 Å². The first kappa shape index (κ1) is 18.9. The Bertz CT molecular complexity index is 719. The van der Waals surface area contributed by atoms with Crippen molar-refractivity contribution in [3.63, 3.8) is 0 Å². The van der Waals surface area contributed by atoms with Gasteiger partial charge in [0.1, 0.15) is 6.67 Å². The molecule has 1 saturated heterocycles. The van der Waals surface area contributed by atoms with E-state index in [4.69, 9.17) is 11.6 Å². The zero-order valence-corrected chi connectivity index (χ0v) is 15.0. The number of anilines is 1. The second-order valence-corrected chi connectivity index (χ2v) is 6.27. The number of alkyl halides is 1. The molecular formula is C20H27FN4. The van der Waals surface area contributed by atoms with Gasteiger partial charge in [-0.2, -0.15) is 5.10 Å². The molecule has 1 heterocycles. The van der Waals surface area contributed by atoms with E-state index in [2.05, 4.69) is 16.6 Å². The summed E-state index contributed by atoms with van der Waals surface area (Å²) >= 11 is 0. The zero-order valence-electron chi connectivity index (χ0n) is 15.0. The largest absolute Gasteiger partial charge is 0.369 e. The molecule has 1 aromatic rings. The van der Waals surface area contributed by atoms with E-state index in [0.29, 0.717) is 5.57 Å². The highest BCUT2D eigenvalue weighted by Crippen LogP contribution is 2.33. The van der Waals surface area contributed by atoms with E-state index in [9.17, 15) is 4.39 Å². The molecule has 0 saturated carbocycles. The van der Waals surface area contributed by atoms with Crippen molar-refractivity contribution < 1.29 is 4.39 Å². The predicted molar refractivity (Wildman–Crippen MR) is 107 cm³/mol. The number of nitrogens with two attached hydrogens (primary N) is 2. The summed E-state index contributed by atoms with van der Waals surface area (Å²) in [5.41, 5.74) is 11.2. The maximum absolute atomic E-state index is 13.8. The molecule has 1 fully saturated rings.